The molecule has 6 aliphatic rings. The van der Waals surface area contributed by atoms with Crippen molar-refractivity contribution in [3.63, 3.8) is 0 Å². The summed E-state index contributed by atoms with van der Waals surface area (Å²) in [6, 6.07) is 0. The lowest BCUT2D eigenvalue weighted by Gasteiger charge is -2.70. The second-order valence-electron chi connectivity index (χ2n) is 17.6. The lowest BCUT2D eigenvalue weighted by molar-refractivity contribution is -0.326. The number of carboxylic acids is 2. The maximum atomic E-state index is 14.6. The van der Waals surface area contributed by atoms with Gasteiger partial charge in [0.05, 0.1) is 18.1 Å². The summed E-state index contributed by atoms with van der Waals surface area (Å²) >= 11 is 0. The van der Waals surface area contributed by atoms with Gasteiger partial charge in [0.25, 0.3) is 0 Å². The van der Waals surface area contributed by atoms with Crippen LogP contribution in [-0.4, -0.2) is 91.8 Å². The molecule has 11 nitrogen and oxygen atoms in total. The molecule has 0 bridgehead atoms. The Balaban J connectivity index is 1.33. The van der Waals surface area contributed by atoms with Crippen LogP contribution >= 0.6 is 0 Å². The van der Waals surface area contributed by atoms with Gasteiger partial charge in [0.1, 0.15) is 18.3 Å². The topological polar surface area (TPSA) is 191 Å². The average molecular weight is 663 g/mol. The van der Waals surface area contributed by atoms with E-state index in [1.54, 1.807) is 0 Å². The zero-order valence-corrected chi connectivity index (χ0v) is 28.6. The van der Waals surface area contributed by atoms with Gasteiger partial charge < -0.3 is 40.1 Å². The smallest absolute Gasteiger partial charge is 0.335 e. The number of ketones is 1. The van der Waals surface area contributed by atoms with Crippen LogP contribution in [0.3, 0.4) is 0 Å². The van der Waals surface area contributed by atoms with Crippen molar-refractivity contribution in [2.75, 3.05) is 6.61 Å². The molecular weight excluding hydrogens is 608 g/mol. The lowest BCUT2D eigenvalue weighted by atomic mass is 9.33. The molecule has 4 saturated carbocycles. The zero-order chi connectivity index (χ0) is 34.7. The molecule has 5 aliphatic carbocycles. The average Bonchev–Trinajstić information content (AvgIpc) is 3.00. The summed E-state index contributed by atoms with van der Waals surface area (Å²) in [6.45, 7) is 12.5. The first-order valence-electron chi connectivity index (χ1n) is 17.4. The van der Waals surface area contributed by atoms with Crippen molar-refractivity contribution in [2.45, 2.75) is 136 Å². The number of aliphatic hydroxyl groups excluding tert-OH is 4. The first kappa shape index (κ1) is 35.0. The summed E-state index contributed by atoms with van der Waals surface area (Å²) in [4.78, 5) is 38.7. The monoisotopic (exact) mass is 662 g/mol. The van der Waals surface area contributed by atoms with Gasteiger partial charge in [-0.15, -0.1) is 0 Å². The van der Waals surface area contributed by atoms with E-state index in [9.17, 15) is 45.0 Å². The molecule has 0 unspecified atom stereocenters. The van der Waals surface area contributed by atoms with Crippen molar-refractivity contribution in [1.82, 2.24) is 0 Å². The molecule has 0 radical (unpaired) electrons. The molecule has 264 valence electrons. The van der Waals surface area contributed by atoms with Crippen molar-refractivity contribution in [1.29, 1.82) is 0 Å². The van der Waals surface area contributed by atoms with E-state index >= 15 is 0 Å². The number of hydrogen-bond acceptors (Lipinski definition) is 9. The summed E-state index contributed by atoms with van der Waals surface area (Å²) < 4.78 is 11.7. The summed E-state index contributed by atoms with van der Waals surface area (Å²) in [5.41, 5.74) is -1.84. The van der Waals surface area contributed by atoms with Crippen LogP contribution in [0.25, 0.3) is 0 Å². The van der Waals surface area contributed by atoms with Crippen molar-refractivity contribution in [3.05, 3.63) is 11.6 Å². The number of ether oxygens (including phenoxy) is 2. The molecule has 5 fully saturated rings. The van der Waals surface area contributed by atoms with E-state index in [0.29, 0.717) is 32.1 Å². The number of rotatable bonds is 5. The number of aliphatic hydroxyl groups is 4. The van der Waals surface area contributed by atoms with E-state index in [-0.39, 0.29) is 46.4 Å². The van der Waals surface area contributed by atoms with Crippen LogP contribution in [0.4, 0.5) is 0 Å². The molecule has 0 aromatic heterocycles. The molecule has 6 rings (SSSR count). The normalized spacial score (nSPS) is 54.3. The molecule has 11 heteroatoms. The van der Waals surface area contributed by atoms with Crippen LogP contribution in [0, 0.1) is 50.2 Å². The van der Waals surface area contributed by atoms with Gasteiger partial charge in [-0.05, 0) is 104 Å². The van der Waals surface area contributed by atoms with Gasteiger partial charge in [0.15, 0.2) is 18.2 Å². The molecular formula is C36H54O11. The summed E-state index contributed by atoms with van der Waals surface area (Å²) in [6.07, 6.45) is -1.15. The zero-order valence-electron chi connectivity index (χ0n) is 28.6. The molecule has 0 aromatic rings. The van der Waals surface area contributed by atoms with Crippen molar-refractivity contribution >= 4 is 17.7 Å². The molecule has 0 spiro atoms. The fourth-order valence-corrected chi connectivity index (χ4v) is 11.9. The molecule has 1 saturated heterocycles. The third-order valence-corrected chi connectivity index (χ3v) is 15.3. The van der Waals surface area contributed by atoms with E-state index in [0.717, 1.165) is 31.3 Å². The number of carbonyl (C=O) groups excluding carboxylic acids is 1. The third-order valence-electron chi connectivity index (χ3n) is 15.3. The number of aliphatic carboxylic acids is 2. The Kier molecular flexibility index (Phi) is 8.22. The number of carboxylic acid groups (broad SMARTS) is 2. The maximum Gasteiger partial charge on any atom is 0.335 e. The Morgan fingerprint density at radius 3 is 2.17 bits per heavy atom. The number of allylic oxidation sites excluding steroid dienone is 2. The molecule has 1 aliphatic heterocycles. The largest absolute Gasteiger partial charge is 0.481 e. The first-order chi connectivity index (χ1) is 21.7. The van der Waals surface area contributed by atoms with Gasteiger partial charge in [-0.25, -0.2) is 4.79 Å². The third kappa shape index (κ3) is 4.69. The van der Waals surface area contributed by atoms with Crippen molar-refractivity contribution in [2.24, 2.45) is 50.2 Å². The number of hydrogen-bond donors (Lipinski definition) is 6. The minimum absolute atomic E-state index is 0.0145. The minimum atomic E-state index is -1.84. The summed E-state index contributed by atoms with van der Waals surface area (Å²) in [5.74, 6) is -2.68. The highest BCUT2D eigenvalue weighted by atomic mass is 16.7. The van der Waals surface area contributed by atoms with E-state index in [4.69, 9.17) is 9.47 Å². The van der Waals surface area contributed by atoms with Gasteiger partial charge >= 0.3 is 11.9 Å². The van der Waals surface area contributed by atoms with Crippen LogP contribution in [0.1, 0.15) is 99.3 Å². The molecule has 0 amide bonds. The number of carbonyl (C=O) groups is 3. The van der Waals surface area contributed by atoms with Gasteiger partial charge in [-0.2, -0.15) is 0 Å². The second kappa shape index (κ2) is 11.1. The summed E-state index contributed by atoms with van der Waals surface area (Å²) in [7, 11) is 0. The Morgan fingerprint density at radius 2 is 1.55 bits per heavy atom. The SMILES string of the molecule is C[C@]1(C(=O)O)CC[C@]2(C)CC[C@]3(C)C(=CC(=O)[C@@H]4[C@@]5(C)CC[C@H](O[C@@H]6O[C@H](C(=O)O)[C@@H](O)[C@H](O)[C@H]6O)[C@](C)(CO)[C@@H]5CC[C@]43C)[C@@H]2C1. The minimum Gasteiger partial charge on any atom is -0.481 e. The standard InChI is InChI=1S/C36H54O11/c1-31-11-12-32(2,30(44)45)16-19(31)18-15-20(38)27-33(3)9-8-22(46-29-25(41)23(39)24(40)26(47-29)28(42)43)34(4,17-37)21(33)7-10-36(27,6)35(18,5)14-13-31/h15,19,21-27,29,37,39-41H,7-14,16-17H2,1-6H3,(H,42,43)(H,44,45)/t19-,21+,22-,23-,24-,25+,26-,27+,29+,31+,32-,33-,34+,35+,36+/m0/s1. The Hall–Kier alpha value is -1.89. The highest BCUT2D eigenvalue weighted by Gasteiger charge is 2.71. The fraction of sp³-hybridized carbons (Fsp3) is 0.861. The van der Waals surface area contributed by atoms with Crippen molar-refractivity contribution in [3.8, 4) is 0 Å². The Morgan fingerprint density at radius 1 is 0.894 bits per heavy atom. The van der Waals surface area contributed by atoms with Gasteiger partial charge in [-0.3, -0.25) is 9.59 Å². The molecule has 6 N–H and O–H groups in total. The number of fused-ring (bicyclic) bond motifs is 7. The van der Waals surface area contributed by atoms with Crippen LogP contribution in [0.2, 0.25) is 0 Å². The fourth-order valence-electron chi connectivity index (χ4n) is 11.9. The van der Waals surface area contributed by atoms with Crippen LogP contribution in [0.5, 0.6) is 0 Å². The van der Waals surface area contributed by atoms with Crippen LogP contribution in [0.15, 0.2) is 11.6 Å². The van der Waals surface area contributed by atoms with E-state index in [1.807, 2.05) is 19.9 Å². The van der Waals surface area contributed by atoms with Gasteiger partial charge in [-0.1, -0.05) is 40.2 Å². The van der Waals surface area contributed by atoms with E-state index < -0.39 is 65.0 Å². The molecule has 15 atom stereocenters. The molecule has 1 heterocycles. The highest BCUT2D eigenvalue weighted by Crippen LogP contribution is 2.75. The van der Waals surface area contributed by atoms with Crippen molar-refractivity contribution < 1.29 is 54.5 Å². The first-order valence-corrected chi connectivity index (χ1v) is 17.4. The predicted molar refractivity (Wildman–Crippen MR) is 168 cm³/mol. The van der Waals surface area contributed by atoms with E-state index in [2.05, 4.69) is 27.7 Å². The Bertz CT molecular complexity index is 1360. The van der Waals surface area contributed by atoms with E-state index in [1.165, 1.54) is 0 Å². The second-order valence-corrected chi connectivity index (χ2v) is 17.6. The Labute approximate surface area is 276 Å². The van der Waals surface area contributed by atoms with Crippen LogP contribution < -0.4 is 0 Å². The predicted octanol–water partition coefficient (Wildman–Crippen LogP) is 3.30. The molecule has 47 heavy (non-hydrogen) atoms. The van der Waals surface area contributed by atoms with Gasteiger partial charge in [0, 0.05) is 11.3 Å². The maximum absolute atomic E-state index is 14.6. The quantitative estimate of drug-likeness (QED) is 0.237. The van der Waals surface area contributed by atoms with Gasteiger partial charge in [0.2, 0.25) is 0 Å². The molecule has 0 aromatic carbocycles. The van der Waals surface area contributed by atoms with Crippen LogP contribution in [-0.2, 0) is 23.9 Å². The summed E-state index contributed by atoms with van der Waals surface area (Å²) in [5, 5.41) is 61.9. The lowest BCUT2D eigenvalue weighted by Crippen LogP contribution is -2.68. The highest BCUT2D eigenvalue weighted by molar-refractivity contribution is 5.95.